The molecule has 1 fully saturated rings. The van der Waals surface area contributed by atoms with Crippen molar-refractivity contribution in [1.29, 1.82) is 0 Å². The molecular weight excluding hydrogens is 266 g/mol. The van der Waals surface area contributed by atoms with Crippen LogP contribution < -0.4 is 0 Å². The molecule has 0 saturated carbocycles. The summed E-state index contributed by atoms with van der Waals surface area (Å²) >= 11 is 0. The van der Waals surface area contributed by atoms with Gasteiger partial charge in [-0.1, -0.05) is 6.07 Å². The second kappa shape index (κ2) is 6.28. The summed E-state index contributed by atoms with van der Waals surface area (Å²) in [5.41, 5.74) is 0.446. The SMILES string of the molecule is CC(O)C(=O)N1CCN(Cc2ccc(F)cc2F)CC1. The lowest BCUT2D eigenvalue weighted by Crippen LogP contribution is -2.50. The standard InChI is InChI=1S/C14H18F2N2O2/c1-10(19)14(20)18-6-4-17(5-7-18)9-11-2-3-12(15)8-13(11)16/h2-3,8,10,19H,4-7,9H2,1H3. The van der Waals surface area contributed by atoms with Crippen LogP contribution in [-0.4, -0.2) is 53.1 Å². The summed E-state index contributed by atoms with van der Waals surface area (Å²) in [6.45, 7) is 4.06. The first-order valence-electron chi connectivity index (χ1n) is 6.60. The Bertz CT molecular complexity index is 486. The maximum Gasteiger partial charge on any atom is 0.251 e. The first-order valence-corrected chi connectivity index (χ1v) is 6.60. The van der Waals surface area contributed by atoms with Crippen molar-refractivity contribution in [3.05, 3.63) is 35.4 Å². The molecule has 6 heteroatoms. The second-order valence-corrected chi connectivity index (χ2v) is 5.01. The Hall–Kier alpha value is -1.53. The summed E-state index contributed by atoms with van der Waals surface area (Å²) in [5, 5.41) is 9.25. The number of hydrogen-bond acceptors (Lipinski definition) is 3. The number of hydrogen-bond donors (Lipinski definition) is 1. The van der Waals surface area contributed by atoms with Gasteiger partial charge in [0.2, 0.25) is 0 Å². The highest BCUT2D eigenvalue weighted by molar-refractivity contribution is 5.80. The van der Waals surface area contributed by atoms with Crippen molar-refractivity contribution in [2.24, 2.45) is 0 Å². The van der Waals surface area contributed by atoms with E-state index in [9.17, 15) is 18.7 Å². The highest BCUT2D eigenvalue weighted by Crippen LogP contribution is 2.14. The maximum absolute atomic E-state index is 13.6. The molecule has 1 N–H and O–H groups in total. The van der Waals surface area contributed by atoms with Gasteiger partial charge < -0.3 is 10.0 Å². The van der Waals surface area contributed by atoms with Crippen molar-refractivity contribution >= 4 is 5.91 Å². The number of halogens is 2. The van der Waals surface area contributed by atoms with Crippen LogP contribution in [0.25, 0.3) is 0 Å². The molecule has 20 heavy (non-hydrogen) atoms. The molecule has 1 aromatic carbocycles. The molecular formula is C14H18F2N2O2. The zero-order valence-corrected chi connectivity index (χ0v) is 11.4. The zero-order valence-electron chi connectivity index (χ0n) is 11.4. The minimum atomic E-state index is -0.990. The number of carbonyl (C=O) groups is 1. The number of rotatable bonds is 3. The minimum absolute atomic E-state index is 0.280. The molecule has 1 amide bonds. The van der Waals surface area contributed by atoms with Gasteiger partial charge in [-0.2, -0.15) is 0 Å². The van der Waals surface area contributed by atoms with Gasteiger partial charge >= 0.3 is 0 Å². The van der Waals surface area contributed by atoms with E-state index in [1.54, 1.807) is 4.90 Å². The summed E-state index contributed by atoms with van der Waals surface area (Å²) in [7, 11) is 0. The van der Waals surface area contributed by atoms with Gasteiger partial charge in [-0.25, -0.2) is 8.78 Å². The average Bonchev–Trinajstić information content (AvgIpc) is 2.42. The van der Waals surface area contributed by atoms with E-state index < -0.39 is 17.7 Å². The average molecular weight is 284 g/mol. The fourth-order valence-corrected chi connectivity index (χ4v) is 2.28. The summed E-state index contributed by atoms with van der Waals surface area (Å²) in [6.07, 6.45) is -0.990. The van der Waals surface area contributed by atoms with Gasteiger partial charge in [0.1, 0.15) is 17.7 Å². The van der Waals surface area contributed by atoms with Gasteiger partial charge in [-0.15, -0.1) is 0 Å². The number of amides is 1. The van der Waals surface area contributed by atoms with Gasteiger partial charge in [-0.3, -0.25) is 9.69 Å². The Balaban J connectivity index is 1.90. The minimum Gasteiger partial charge on any atom is -0.384 e. The van der Waals surface area contributed by atoms with Crippen LogP contribution in [0.2, 0.25) is 0 Å². The van der Waals surface area contributed by atoms with Crippen molar-refractivity contribution in [1.82, 2.24) is 9.80 Å². The lowest BCUT2D eigenvalue weighted by molar-refractivity contribution is -0.141. The largest absolute Gasteiger partial charge is 0.384 e. The molecule has 4 nitrogen and oxygen atoms in total. The Labute approximate surface area is 116 Å². The summed E-state index contributed by atoms with van der Waals surface area (Å²) in [5.74, 6) is -1.41. The van der Waals surface area contributed by atoms with Crippen LogP contribution in [0.4, 0.5) is 8.78 Å². The van der Waals surface area contributed by atoms with Crippen LogP contribution in [0.15, 0.2) is 18.2 Å². The molecule has 1 atom stereocenters. The molecule has 1 heterocycles. The second-order valence-electron chi connectivity index (χ2n) is 5.01. The quantitative estimate of drug-likeness (QED) is 0.900. The first kappa shape index (κ1) is 14.9. The Kier molecular flexibility index (Phi) is 4.67. The van der Waals surface area contributed by atoms with Crippen molar-refractivity contribution in [2.75, 3.05) is 26.2 Å². The third-order valence-corrected chi connectivity index (χ3v) is 3.45. The van der Waals surface area contributed by atoms with E-state index in [-0.39, 0.29) is 5.91 Å². The number of aliphatic hydroxyl groups is 1. The van der Waals surface area contributed by atoms with Gasteiger partial charge in [0.25, 0.3) is 5.91 Å². The lowest BCUT2D eigenvalue weighted by Gasteiger charge is -2.35. The Morgan fingerprint density at radius 3 is 2.50 bits per heavy atom. The van der Waals surface area contributed by atoms with E-state index in [2.05, 4.69) is 0 Å². The van der Waals surface area contributed by atoms with E-state index in [1.165, 1.54) is 19.1 Å². The van der Waals surface area contributed by atoms with Crippen molar-refractivity contribution < 1.29 is 18.7 Å². The fraction of sp³-hybridized carbons (Fsp3) is 0.500. The number of piperazine rings is 1. The highest BCUT2D eigenvalue weighted by Gasteiger charge is 2.24. The fourth-order valence-electron chi connectivity index (χ4n) is 2.28. The molecule has 0 spiro atoms. The normalized spacial score (nSPS) is 18.1. The molecule has 0 aromatic heterocycles. The Morgan fingerprint density at radius 1 is 1.30 bits per heavy atom. The monoisotopic (exact) mass is 284 g/mol. The van der Waals surface area contributed by atoms with Gasteiger partial charge in [0.15, 0.2) is 0 Å². The van der Waals surface area contributed by atoms with Gasteiger partial charge in [0, 0.05) is 44.4 Å². The summed E-state index contributed by atoms with van der Waals surface area (Å²) in [6, 6.07) is 3.56. The molecule has 1 unspecified atom stereocenters. The topological polar surface area (TPSA) is 43.8 Å². The predicted molar refractivity (Wildman–Crippen MR) is 69.9 cm³/mol. The Morgan fingerprint density at radius 2 is 1.95 bits per heavy atom. The highest BCUT2D eigenvalue weighted by atomic mass is 19.1. The van der Waals surface area contributed by atoms with Crippen LogP contribution in [0.5, 0.6) is 0 Å². The first-order chi connectivity index (χ1) is 9.47. The van der Waals surface area contributed by atoms with E-state index in [0.29, 0.717) is 38.3 Å². The molecule has 0 radical (unpaired) electrons. The van der Waals surface area contributed by atoms with Crippen LogP contribution in [0.3, 0.4) is 0 Å². The smallest absolute Gasteiger partial charge is 0.251 e. The molecule has 1 saturated heterocycles. The molecule has 0 aliphatic carbocycles. The number of benzene rings is 1. The van der Waals surface area contributed by atoms with E-state index >= 15 is 0 Å². The van der Waals surface area contributed by atoms with Gasteiger partial charge in [-0.05, 0) is 13.0 Å². The summed E-state index contributed by atoms with van der Waals surface area (Å²) in [4.78, 5) is 15.2. The molecule has 1 aliphatic heterocycles. The van der Waals surface area contributed by atoms with E-state index in [4.69, 9.17) is 0 Å². The van der Waals surface area contributed by atoms with Crippen molar-refractivity contribution in [3.8, 4) is 0 Å². The van der Waals surface area contributed by atoms with Crippen LogP contribution in [-0.2, 0) is 11.3 Å². The lowest BCUT2D eigenvalue weighted by atomic mass is 10.1. The summed E-state index contributed by atoms with van der Waals surface area (Å²) < 4.78 is 26.4. The molecule has 2 rings (SSSR count). The molecule has 1 aromatic rings. The molecule has 110 valence electrons. The maximum atomic E-state index is 13.6. The predicted octanol–water partition coefficient (Wildman–Crippen LogP) is 0.990. The molecule has 0 bridgehead atoms. The van der Waals surface area contributed by atoms with Crippen LogP contribution in [0, 0.1) is 11.6 Å². The van der Waals surface area contributed by atoms with E-state index in [1.807, 2.05) is 4.90 Å². The van der Waals surface area contributed by atoms with E-state index in [0.717, 1.165) is 6.07 Å². The van der Waals surface area contributed by atoms with Crippen molar-refractivity contribution in [2.45, 2.75) is 19.6 Å². The molecule has 1 aliphatic rings. The third-order valence-electron chi connectivity index (χ3n) is 3.45. The number of aliphatic hydroxyl groups excluding tert-OH is 1. The number of nitrogens with zero attached hydrogens (tertiary/aromatic N) is 2. The van der Waals surface area contributed by atoms with Crippen molar-refractivity contribution in [3.63, 3.8) is 0 Å². The zero-order chi connectivity index (χ0) is 14.7. The third kappa shape index (κ3) is 3.52. The van der Waals surface area contributed by atoms with Crippen LogP contribution >= 0.6 is 0 Å². The van der Waals surface area contributed by atoms with Crippen LogP contribution in [0.1, 0.15) is 12.5 Å². The van der Waals surface area contributed by atoms with Gasteiger partial charge in [0.05, 0.1) is 0 Å². The number of carbonyl (C=O) groups excluding carboxylic acids is 1.